The number of likely N-dealkylation sites (tertiary alicyclic amines) is 1. The van der Waals surface area contributed by atoms with Gasteiger partial charge in [0.2, 0.25) is 15.9 Å². The summed E-state index contributed by atoms with van der Waals surface area (Å²) in [6.45, 7) is 5.18. The Morgan fingerprint density at radius 2 is 1.83 bits per heavy atom. The van der Waals surface area contributed by atoms with Crippen molar-refractivity contribution in [1.82, 2.24) is 10.2 Å². The van der Waals surface area contributed by atoms with Gasteiger partial charge in [0.25, 0.3) is 0 Å². The van der Waals surface area contributed by atoms with Gasteiger partial charge in [-0.2, -0.15) is 0 Å². The molecule has 1 N–H and O–H groups in total. The number of amides is 1. The van der Waals surface area contributed by atoms with E-state index in [1.807, 2.05) is 19.1 Å². The quantitative estimate of drug-likeness (QED) is 0.611. The summed E-state index contributed by atoms with van der Waals surface area (Å²) in [5.74, 6) is -0.342. The molecule has 1 saturated heterocycles. The van der Waals surface area contributed by atoms with Crippen LogP contribution in [0, 0.1) is 6.92 Å². The van der Waals surface area contributed by atoms with E-state index in [0.717, 1.165) is 45.8 Å². The molecule has 30 heavy (non-hydrogen) atoms. The molecule has 1 heterocycles. The molecule has 0 radical (unpaired) electrons. The van der Waals surface area contributed by atoms with E-state index >= 15 is 0 Å². The topological polar surface area (TPSA) is 69.7 Å². The van der Waals surface area contributed by atoms with Gasteiger partial charge in [-0.15, -0.1) is 0 Å². The van der Waals surface area contributed by atoms with Crippen LogP contribution in [0.15, 0.2) is 46.9 Å². The molecule has 8 heteroatoms. The minimum Gasteiger partial charge on any atom is -0.350 e. The standard InChI is InChI=1S/C22H28BrN3O3S/c1-17-12-20(8-9-21(17)23)26(30(2,28)29)16-22(27)24-14-18-6-5-7-19(13-18)15-25-10-3-4-11-25/h5-9,12-13H,3-4,10-11,14-16H2,1-2H3,(H,24,27). The summed E-state index contributed by atoms with van der Waals surface area (Å²) >= 11 is 3.41. The van der Waals surface area contributed by atoms with Gasteiger partial charge >= 0.3 is 0 Å². The van der Waals surface area contributed by atoms with Crippen LogP contribution in [0.4, 0.5) is 5.69 Å². The lowest BCUT2D eigenvalue weighted by Gasteiger charge is -2.22. The number of halogens is 1. The van der Waals surface area contributed by atoms with E-state index in [9.17, 15) is 13.2 Å². The largest absolute Gasteiger partial charge is 0.350 e. The molecule has 162 valence electrons. The Kier molecular flexibility index (Phi) is 7.55. The van der Waals surface area contributed by atoms with Crippen molar-refractivity contribution in [3.63, 3.8) is 0 Å². The predicted octanol–water partition coefficient (Wildman–Crippen LogP) is 3.44. The summed E-state index contributed by atoms with van der Waals surface area (Å²) in [5, 5.41) is 2.85. The first-order valence-electron chi connectivity index (χ1n) is 10.0. The Bertz CT molecular complexity index is 1000. The maximum atomic E-state index is 12.5. The van der Waals surface area contributed by atoms with Crippen LogP contribution in [0.2, 0.25) is 0 Å². The third-order valence-electron chi connectivity index (χ3n) is 5.20. The zero-order valence-corrected chi connectivity index (χ0v) is 19.8. The molecule has 3 rings (SSSR count). The number of anilines is 1. The van der Waals surface area contributed by atoms with Gasteiger partial charge in [0.15, 0.2) is 0 Å². The van der Waals surface area contributed by atoms with Crippen molar-refractivity contribution in [3.05, 3.63) is 63.6 Å². The Labute approximate surface area is 187 Å². The first kappa shape index (κ1) is 22.8. The number of hydrogen-bond acceptors (Lipinski definition) is 4. The maximum absolute atomic E-state index is 12.5. The van der Waals surface area contributed by atoms with E-state index in [4.69, 9.17) is 0 Å². The third kappa shape index (κ3) is 6.30. The molecule has 1 amide bonds. The van der Waals surface area contributed by atoms with Gasteiger partial charge in [-0.05, 0) is 67.7 Å². The lowest BCUT2D eigenvalue weighted by Crippen LogP contribution is -2.40. The molecule has 6 nitrogen and oxygen atoms in total. The van der Waals surface area contributed by atoms with Crippen LogP contribution in [0.1, 0.15) is 29.5 Å². The van der Waals surface area contributed by atoms with Crippen molar-refractivity contribution < 1.29 is 13.2 Å². The molecule has 0 unspecified atom stereocenters. The second kappa shape index (κ2) is 9.94. The van der Waals surface area contributed by atoms with Crippen molar-refractivity contribution >= 4 is 37.5 Å². The van der Waals surface area contributed by atoms with Crippen molar-refractivity contribution in [2.75, 3.05) is 30.2 Å². The third-order valence-corrected chi connectivity index (χ3v) is 7.23. The molecule has 1 aliphatic heterocycles. The zero-order valence-electron chi connectivity index (χ0n) is 17.4. The number of hydrogen-bond donors (Lipinski definition) is 1. The minimum absolute atomic E-state index is 0.257. The zero-order chi connectivity index (χ0) is 21.7. The van der Waals surface area contributed by atoms with Crippen LogP contribution < -0.4 is 9.62 Å². The summed E-state index contributed by atoms with van der Waals surface area (Å²) in [6, 6.07) is 13.4. The fourth-order valence-electron chi connectivity index (χ4n) is 3.61. The van der Waals surface area contributed by atoms with Crippen molar-refractivity contribution in [3.8, 4) is 0 Å². The second-order valence-corrected chi connectivity index (χ2v) is 10.5. The molecule has 2 aromatic carbocycles. The number of benzene rings is 2. The number of carbonyl (C=O) groups is 1. The highest BCUT2D eigenvalue weighted by molar-refractivity contribution is 9.10. The monoisotopic (exact) mass is 493 g/mol. The number of aryl methyl sites for hydroxylation is 1. The highest BCUT2D eigenvalue weighted by Crippen LogP contribution is 2.24. The van der Waals surface area contributed by atoms with E-state index in [1.165, 1.54) is 18.4 Å². The van der Waals surface area contributed by atoms with Crippen molar-refractivity contribution in [2.45, 2.75) is 32.9 Å². The van der Waals surface area contributed by atoms with Gasteiger partial charge in [-0.3, -0.25) is 14.0 Å². The fourth-order valence-corrected chi connectivity index (χ4v) is 4.70. The van der Waals surface area contributed by atoms with Crippen LogP contribution in [0.5, 0.6) is 0 Å². The smallest absolute Gasteiger partial charge is 0.241 e. The normalized spacial score (nSPS) is 14.6. The van der Waals surface area contributed by atoms with Gasteiger partial charge in [0, 0.05) is 17.6 Å². The predicted molar refractivity (Wildman–Crippen MR) is 124 cm³/mol. The summed E-state index contributed by atoms with van der Waals surface area (Å²) in [4.78, 5) is 15.0. The Morgan fingerprint density at radius 3 is 2.50 bits per heavy atom. The molecule has 0 aromatic heterocycles. The highest BCUT2D eigenvalue weighted by atomic mass is 79.9. The molecule has 0 saturated carbocycles. The van der Waals surface area contributed by atoms with E-state index in [1.54, 1.807) is 18.2 Å². The Morgan fingerprint density at radius 1 is 1.13 bits per heavy atom. The van der Waals surface area contributed by atoms with Crippen molar-refractivity contribution in [1.29, 1.82) is 0 Å². The molecule has 2 aromatic rings. The summed E-state index contributed by atoms with van der Waals surface area (Å²) in [6.07, 6.45) is 3.62. The Balaban J connectivity index is 1.62. The lowest BCUT2D eigenvalue weighted by atomic mass is 10.1. The number of rotatable bonds is 8. The van der Waals surface area contributed by atoms with Crippen molar-refractivity contribution in [2.24, 2.45) is 0 Å². The number of nitrogens with one attached hydrogen (secondary N) is 1. The maximum Gasteiger partial charge on any atom is 0.241 e. The van der Waals surface area contributed by atoms with Gasteiger partial charge in [-0.1, -0.05) is 40.2 Å². The molecular formula is C22H28BrN3O3S. The first-order valence-corrected chi connectivity index (χ1v) is 12.7. The van der Waals surface area contributed by atoms with Gasteiger partial charge in [-0.25, -0.2) is 8.42 Å². The molecule has 0 aliphatic carbocycles. The van der Waals surface area contributed by atoms with Crippen LogP contribution in [-0.2, 0) is 27.9 Å². The second-order valence-electron chi connectivity index (χ2n) is 7.78. The van der Waals surface area contributed by atoms with Crippen LogP contribution in [0.3, 0.4) is 0 Å². The first-order chi connectivity index (χ1) is 14.2. The summed E-state index contributed by atoms with van der Waals surface area (Å²) in [5.41, 5.74) is 3.61. The molecule has 1 aliphatic rings. The van der Waals surface area contributed by atoms with E-state index in [-0.39, 0.29) is 12.5 Å². The van der Waals surface area contributed by atoms with Crippen LogP contribution >= 0.6 is 15.9 Å². The highest BCUT2D eigenvalue weighted by Gasteiger charge is 2.21. The molecular weight excluding hydrogens is 466 g/mol. The van der Waals surface area contributed by atoms with E-state index in [0.29, 0.717) is 12.2 Å². The van der Waals surface area contributed by atoms with Crippen LogP contribution in [0.25, 0.3) is 0 Å². The fraction of sp³-hybridized carbons (Fsp3) is 0.409. The number of carbonyl (C=O) groups excluding carboxylic acids is 1. The van der Waals surface area contributed by atoms with E-state index < -0.39 is 10.0 Å². The lowest BCUT2D eigenvalue weighted by molar-refractivity contribution is -0.119. The summed E-state index contributed by atoms with van der Waals surface area (Å²) < 4.78 is 26.6. The SMILES string of the molecule is Cc1cc(N(CC(=O)NCc2cccc(CN3CCCC3)c2)S(C)(=O)=O)ccc1Br. The molecule has 0 spiro atoms. The van der Waals surface area contributed by atoms with Gasteiger partial charge in [0.1, 0.15) is 6.54 Å². The number of sulfonamides is 1. The minimum atomic E-state index is -3.59. The van der Waals surface area contributed by atoms with E-state index in [2.05, 4.69) is 38.3 Å². The average molecular weight is 494 g/mol. The molecule has 1 fully saturated rings. The summed E-state index contributed by atoms with van der Waals surface area (Å²) in [7, 11) is -3.59. The van der Waals surface area contributed by atoms with Gasteiger partial charge < -0.3 is 5.32 Å². The molecule has 0 atom stereocenters. The Hall–Kier alpha value is -1.90. The molecule has 0 bridgehead atoms. The van der Waals surface area contributed by atoms with Gasteiger partial charge in [0.05, 0.1) is 11.9 Å². The van der Waals surface area contributed by atoms with Crippen LogP contribution in [-0.4, -0.2) is 45.1 Å². The number of nitrogens with zero attached hydrogens (tertiary/aromatic N) is 2. The average Bonchev–Trinajstić information content (AvgIpc) is 3.19.